The van der Waals surface area contributed by atoms with Gasteiger partial charge in [0.05, 0.1) is 5.02 Å². The van der Waals surface area contributed by atoms with Crippen LogP contribution in [0.25, 0.3) is 23.0 Å². The monoisotopic (exact) mass is 499 g/mol. The van der Waals surface area contributed by atoms with Crippen molar-refractivity contribution in [2.24, 2.45) is 0 Å². The molecule has 0 atom stereocenters. The summed E-state index contributed by atoms with van der Waals surface area (Å²) in [6.45, 7) is 1.61. The van der Waals surface area contributed by atoms with Gasteiger partial charge in [-0.3, -0.25) is 0 Å². The second-order valence-electron chi connectivity index (χ2n) is 7.40. The zero-order chi connectivity index (χ0) is 25.1. The van der Waals surface area contributed by atoms with Gasteiger partial charge in [0, 0.05) is 29.2 Å². The topological polar surface area (TPSA) is 92.9 Å². The van der Waals surface area contributed by atoms with Crippen LogP contribution in [-0.4, -0.2) is 30.8 Å². The Morgan fingerprint density at radius 1 is 1.20 bits per heavy atom. The third-order valence-corrected chi connectivity index (χ3v) is 5.18. The lowest BCUT2D eigenvalue weighted by Gasteiger charge is -2.13. The Hall–Kier alpha value is -4.18. The molecule has 4 rings (SSSR count). The van der Waals surface area contributed by atoms with E-state index in [0.29, 0.717) is 28.1 Å². The number of hydrogen-bond donors (Lipinski definition) is 2. The molecule has 0 amide bonds. The Morgan fingerprint density at radius 3 is 2.69 bits per heavy atom. The quantitative estimate of drug-likeness (QED) is 0.294. The second kappa shape index (κ2) is 9.98. The van der Waals surface area contributed by atoms with E-state index < -0.39 is 23.9 Å². The number of benzene rings is 2. The highest BCUT2D eigenvalue weighted by Crippen LogP contribution is 2.30. The van der Waals surface area contributed by atoms with Crippen LogP contribution in [0.3, 0.4) is 0 Å². The number of alkyl halides is 2. The molecule has 4 aromatic rings. The smallest absolute Gasteiger partial charge is 0.328 e. The highest BCUT2D eigenvalue weighted by molar-refractivity contribution is 6.31. The van der Waals surface area contributed by atoms with Crippen molar-refractivity contribution in [2.75, 3.05) is 5.32 Å². The summed E-state index contributed by atoms with van der Waals surface area (Å²) in [5.41, 5.74) is 2.09. The summed E-state index contributed by atoms with van der Waals surface area (Å²) in [7, 11) is 0. The van der Waals surface area contributed by atoms with E-state index in [2.05, 4.69) is 20.4 Å². The normalized spacial score (nSPS) is 11.4. The lowest BCUT2D eigenvalue weighted by atomic mass is 10.0. The molecule has 35 heavy (non-hydrogen) atoms. The number of anilines is 2. The van der Waals surface area contributed by atoms with E-state index in [4.69, 9.17) is 16.7 Å². The number of carbonyl (C=O) groups is 1. The average molecular weight is 500 g/mol. The van der Waals surface area contributed by atoms with E-state index in [1.54, 1.807) is 31.2 Å². The predicted molar refractivity (Wildman–Crippen MR) is 126 cm³/mol. The predicted octanol–water partition coefficient (Wildman–Crippen LogP) is 6.21. The van der Waals surface area contributed by atoms with Crippen molar-refractivity contribution in [3.63, 3.8) is 0 Å². The molecule has 0 spiro atoms. The highest BCUT2D eigenvalue weighted by atomic mass is 35.5. The van der Waals surface area contributed by atoms with Gasteiger partial charge in [-0.05, 0) is 54.5 Å². The van der Waals surface area contributed by atoms with Crippen LogP contribution in [0.5, 0.6) is 0 Å². The molecule has 0 unspecified atom stereocenters. The second-order valence-corrected chi connectivity index (χ2v) is 7.81. The first-order chi connectivity index (χ1) is 16.7. The number of rotatable bonds is 7. The molecule has 7 nitrogen and oxygen atoms in total. The van der Waals surface area contributed by atoms with Crippen LogP contribution in [0.1, 0.15) is 23.4 Å². The number of aryl methyl sites for hydroxylation is 1. The number of aromatic nitrogens is 4. The number of hydrogen-bond acceptors (Lipinski definition) is 5. The lowest BCUT2D eigenvalue weighted by molar-refractivity contribution is -0.131. The van der Waals surface area contributed by atoms with E-state index in [1.807, 2.05) is 0 Å². The summed E-state index contributed by atoms with van der Waals surface area (Å²) in [5.74, 6) is -1.37. The third-order valence-electron chi connectivity index (χ3n) is 4.89. The first-order valence-corrected chi connectivity index (χ1v) is 10.5. The Bertz CT molecular complexity index is 1440. The number of nitrogens with one attached hydrogen (secondary N) is 1. The molecule has 0 aliphatic heterocycles. The Labute approximate surface area is 202 Å². The molecule has 0 saturated carbocycles. The standard InChI is InChI=1S/C24H17ClF3N5O2/c1-13-9-20(22(27)28)32-33(13)23-17(15-4-2-3-14(10-15)5-8-21(34)35)12-29-24(31-23)30-16-6-7-19(26)18(25)11-16/h2-12,22H,1H3,(H,34,35)(H,29,30,31)/b8-5+. The van der Waals surface area contributed by atoms with Crippen molar-refractivity contribution in [1.29, 1.82) is 0 Å². The van der Waals surface area contributed by atoms with Crippen molar-refractivity contribution < 1.29 is 23.1 Å². The molecule has 0 fully saturated rings. The summed E-state index contributed by atoms with van der Waals surface area (Å²) in [4.78, 5) is 19.7. The van der Waals surface area contributed by atoms with Gasteiger partial charge < -0.3 is 10.4 Å². The Morgan fingerprint density at radius 2 is 2.00 bits per heavy atom. The molecule has 2 aromatic heterocycles. The van der Waals surface area contributed by atoms with E-state index in [1.165, 1.54) is 41.2 Å². The molecule has 2 aromatic carbocycles. The fourth-order valence-corrected chi connectivity index (χ4v) is 3.48. The van der Waals surface area contributed by atoms with Crippen molar-refractivity contribution in [2.45, 2.75) is 13.3 Å². The van der Waals surface area contributed by atoms with Crippen molar-refractivity contribution in [3.05, 3.63) is 88.6 Å². The van der Waals surface area contributed by atoms with Gasteiger partial charge in [0.2, 0.25) is 5.95 Å². The van der Waals surface area contributed by atoms with Gasteiger partial charge in [-0.2, -0.15) is 10.1 Å². The van der Waals surface area contributed by atoms with Crippen LogP contribution >= 0.6 is 11.6 Å². The molecule has 2 heterocycles. The van der Waals surface area contributed by atoms with Crippen molar-refractivity contribution in [1.82, 2.24) is 19.7 Å². The van der Waals surface area contributed by atoms with Crippen LogP contribution in [0, 0.1) is 12.7 Å². The summed E-state index contributed by atoms with van der Waals surface area (Å²) >= 11 is 5.84. The molecular weight excluding hydrogens is 483 g/mol. The van der Waals surface area contributed by atoms with Gasteiger partial charge in [-0.15, -0.1) is 0 Å². The minimum absolute atomic E-state index is 0.0948. The van der Waals surface area contributed by atoms with Gasteiger partial charge >= 0.3 is 5.97 Å². The van der Waals surface area contributed by atoms with E-state index in [0.717, 1.165) is 6.08 Å². The molecule has 0 saturated heterocycles. The van der Waals surface area contributed by atoms with Crippen LogP contribution in [0.15, 0.2) is 60.8 Å². The largest absolute Gasteiger partial charge is 0.478 e. The van der Waals surface area contributed by atoms with Crippen LogP contribution in [0.2, 0.25) is 5.02 Å². The van der Waals surface area contributed by atoms with Gasteiger partial charge in [0.15, 0.2) is 5.82 Å². The maximum Gasteiger partial charge on any atom is 0.328 e. The number of nitrogens with zero attached hydrogens (tertiary/aromatic N) is 4. The highest BCUT2D eigenvalue weighted by Gasteiger charge is 2.19. The average Bonchev–Trinajstić information content (AvgIpc) is 3.22. The van der Waals surface area contributed by atoms with Crippen molar-refractivity contribution >= 4 is 35.3 Å². The summed E-state index contributed by atoms with van der Waals surface area (Å²) in [5, 5.41) is 15.7. The fourth-order valence-electron chi connectivity index (χ4n) is 3.30. The van der Waals surface area contributed by atoms with Gasteiger partial charge in [-0.1, -0.05) is 29.8 Å². The maximum absolute atomic E-state index is 13.5. The maximum atomic E-state index is 13.5. The summed E-state index contributed by atoms with van der Waals surface area (Å²) in [6.07, 6.45) is 1.14. The number of halogens is 4. The van der Waals surface area contributed by atoms with Gasteiger partial charge in [-0.25, -0.2) is 27.6 Å². The third kappa shape index (κ3) is 5.49. The Balaban J connectivity index is 1.83. The molecule has 0 bridgehead atoms. The molecule has 11 heteroatoms. The van der Waals surface area contributed by atoms with E-state index in [-0.39, 0.29) is 16.8 Å². The molecule has 0 aliphatic rings. The zero-order valence-electron chi connectivity index (χ0n) is 18.1. The Kier molecular flexibility index (Phi) is 6.83. The van der Waals surface area contributed by atoms with Crippen LogP contribution in [-0.2, 0) is 4.79 Å². The molecule has 2 N–H and O–H groups in total. The fraction of sp³-hybridized carbons (Fsp3) is 0.0833. The van der Waals surface area contributed by atoms with Gasteiger partial charge in [0.1, 0.15) is 11.5 Å². The van der Waals surface area contributed by atoms with E-state index >= 15 is 0 Å². The first-order valence-electron chi connectivity index (χ1n) is 10.2. The lowest BCUT2D eigenvalue weighted by Crippen LogP contribution is -2.08. The summed E-state index contributed by atoms with van der Waals surface area (Å²) < 4.78 is 41.4. The summed E-state index contributed by atoms with van der Waals surface area (Å²) in [6, 6.07) is 12.1. The van der Waals surface area contributed by atoms with E-state index in [9.17, 15) is 18.0 Å². The van der Waals surface area contributed by atoms with Crippen LogP contribution < -0.4 is 5.32 Å². The minimum atomic E-state index is -2.77. The molecule has 0 radical (unpaired) electrons. The minimum Gasteiger partial charge on any atom is -0.478 e. The SMILES string of the molecule is Cc1cc(C(F)F)nn1-c1nc(Nc2ccc(F)c(Cl)c2)ncc1-c1cccc(/C=C/C(=O)O)c1. The molecular formula is C24H17ClF3N5O2. The molecule has 0 aliphatic carbocycles. The van der Waals surface area contributed by atoms with Crippen LogP contribution in [0.4, 0.5) is 24.8 Å². The number of carboxylic acid groups (broad SMARTS) is 1. The number of carboxylic acids is 1. The van der Waals surface area contributed by atoms with Crippen molar-refractivity contribution in [3.8, 4) is 16.9 Å². The van der Waals surface area contributed by atoms with Gasteiger partial charge in [0.25, 0.3) is 6.43 Å². The zero-order valence-corrected chi connectivity index (χ0v) is 18.8. The number of aliphatic carboxylic acids is 1. The first kappa shape index (κ1) is 24.0. The molecule has 178 valence electrons.